The molecule has 2 N–H and O–H groups in total. The number of unbranched alkanes of at least 4 members (excludes halogenated alkanes) is 2. The van der Waals surface area contributed by atoms with E-state index >= 15 is 0 Å². The van der Waals surface area contributed by atoms with Gasteiger partial charge < -0.3 is 48.2 Å². The molecule has 7 atom stereocenters. The predicted molar refractivity (Wildman–Crippen MR) is 231 cm³/mol. The highest BCUT2D eigenvalue weighted by Gasteiger charge is 2.65. The molecule has 1 saturated heterocycles. The first-order valence-corrected chi connectivity index (χ1v) is 22.3. The van der Waals surface area contributed by atoms with E-state index < -0.39 is 30.1 Å². The van der Waals surface area contributed by atoms with Crippen LogP contribution in [0.1, 0.15) is 86.8 Å². The summed E-state index contributed by atoms with van der Waals surface area (Å²) < 4.78 is 58.4. The van der Waals surface area contributed by atoms with E-state index in [9.17, 15) is 19.4 Å². The zero-order valence-electron chi connectivity index (χ0n) is 36.0. The lowest BCUT2D eigenvalue weighted by Crippen LogP contribution is -2.70. The zero-order chi connectivity index (χ0) is 43.8. The Morgan fingerprint density at radius 1 is 1.00 bits per heavy atom. The maximum Gasteiger partial charge on any atom is 0.410 e. The van der Waals surface area contributed by atoms with Crippen LogP contribution in [0.3, 0.4) is 0 Å². The molecule has 0 aromatic heterocycles. The van der Waals surface area contributed by atoms with Crippen molar-refractivity contribution in [3.05, 3.63) is 107 Å². The van der Waals surface area contributed by atoms with Gasteiger partial charge in [0.05, 0.1) is 32.0 Å². The lowest BCUT2D eigenvalue weighted by Gasteiger charge is -2.59. The van der Waals surface area contributed by atoms with Crippen molar-refractivity contribution in [2.75, 3.05) is 40.3 Å². The summed E-state index contributed by atoms with van der Waals surface area (Å²) in [5, 5.41) is 24.8. The summed E-state index contributed by atoms with van der Waals surface area (Å²) in [6.07, 6.45) is 9.98. The standard InChI is InChI=1S/C49H59FN2O11/c1-3-23-61-49-44(52(48(55)56-2)29-32-17-19-42-43(25-32)60-31-59-42)28-40(51-63-45-16-8-11-24-57-45)37-26-33(12-6-9-21-53)36(14-7-10-22-54)46(47(37)49)38-27-35(18-20-41(38)62-49)58-30-34-13-4-5-15-39(34)50/h3-5,13,15,17-20,25-27,33,36,44-47,53-54H,1,6-12,14,16,21-24,28-31H2,2H3/t33-,36+,44-,45?,46+,47+,49+/m0/s1. The number of oxime groups is 1. The second-order valence-electron chi connectivity index (χ2n) is 16.8. The monoisotopic (exact) mass is 870 g/mol. The lowest BCUT2D eigenvalue weighted by atomic mass is 9.55. The van der Waals surface area contributed by atoms with Gasteiger partial charge in [-0.3, -0.25) is 4.90 Å². The molecule has 14 heteroatoms. The lowest BCUT2D eigenvalue weighted by molar-refractivity contribution is -0.256. The molecule has 1 saturated carbocycles. The number of methoxy groups -OCH3 is 1. The average molecular weight is 871 g/mol. The molecule has 3 aromatic rings. The van der Waals surface area contributed by atoms with Gasteiger partial charge in [0.2, 0.25) is 18.9 Å². The summed E-state index contributed by atoms with van der Waals surface area (Å²) in [5.41, 5.74) is 3.61. The van der Waals surface area contributed by atoms with E-state index in [1.807, 2.05) is 36.4 Å². The van der Waals surface area contributed by atoms with E-state index in [-0.39, 0.29) is 69.8 Å². The minimum absolute atomic E-state index is 0.0109. The van der Waals surface area contributed by atoms with Crippen molar-refractivity contribution < 1.29 is 57.4 Å². The molecule has 5 aliphatic rings. The van der Waals surface area contributed by atoms with Gasteiger partial charge in [-0.1, -0.05) is 54.4 Å². The number of amides is 1. The maximum absolute atomic E-state index is 14.8. The molecular formula is C49H59FN2O11. The number of carbonyl (C=O) groups is 1. The fraction of sp³-hybridized carbons (Fsp3) is 0.510. The van der Waals surface area contributed by atoms with Gasteiger partial charge in [0.1, 0.15) is 30.0 Å². The summed E-state index contributed by atoms with van der Waals surface area (Å²) >= 11 is 0. The zero-order valence-corrected chi connectivity index (χ0v) is 36.0. The van der Waals surface area contributed by atoms with E-state index in [1.54, 1.807) is 29.2 Å². The molecule has 1 unspecified atom stereocenters. The highest BCUT2D eigenvalue weighted by Crippen LogP contribution is 2.62. The van der Waals surface area contributed by atoms with E-state index in [1.165, 1.54) is 13.2 Å². The van der Waals surface area contributed by atoms with Gasteiger partial charge in [0.15, 0.2) is 11.5 Å². The van der Waals surface area contributed by atoms with Crippen LogP contribution in [-0.4, -0.2) is 85.4 Å². The Hall–Kier alpha value is -5.15. The topological polar surface area (TPSA) is 147 Å². The summed E-state index contributed by atoms with van der Waals surface area (Å²) in [6, 6.07) is 17.0. The van der Waals surface area contributed by atoms with E-state index in [0.717, 1.165) is 55.2 Å². The second kappa shape index (κ2) is 20.6. The second-order valence-corrected chi connectivity index (χ2v) is 16.8. The van der Waals surface area contributed by atoms with Crippen molar-refractivity contribution in [3.8, 4) is 23.0 Å². The number of benzene rings is 3. The Labute approximate surface area is 368 Å². The highest BCUT2D eigenvalue weighted by atomic mass is 19.1. The number of aliphatic hydroxyl groups excluding tert-OH is 2. The number of aliphatic hydroxyl groups is 2. The number of fused-ring (bicyclic) bond motifs is 3. The first-order valence-electron chi connectivity index (χ1n) is 22.3. The fourth-order valence-corrected chi connectivity index (χ4v) is 10.1. The van der Waals surface area contributed by atoms with Crippen LogP contribution in [0.15, 0.2) is 90.1 Å². The number of halogens is 1. The minimum Gasteiger partial charge on any atom is -0.489 e. The molecule has 1 amide bonds. The van der Waals surface area contributed by atoms with Crippen LogP contribution in [0.5, 0.6) is 23.0 Å². The molecule has 0 bridgehead atoms. The minimum atomic E-state index is -1.51. The number of carbonyl (C=O) groups excluding carboxylic acids is 1. The van der Waals surface area contributed by atoms with Crippen molar-refractivity contribution in [1.82, 2.24) is 4.90 Å². The molecular weight excluding hydrogens is 812 g/mol. The number of rotatable bonds is 19. The molecule has 338 valence electrons. The van der Waals surface area contributed by atoms with Crippen LogP contribution in [0.4, 0.5) is 9.18 Å². The molecule has 3 aromatic carbocycles. The molecule has 13 nitrogen and oxygen atoms in total. The van der Waals surface area contributed by atoms with Crippen LogP contribution in [-0.2, 0) is 32.2 Å². The number of allylic oxidation sites excluding steroid dienone is 1. The third-order valence-corrected chi connectivity index (χ3v) is 13.0. The van der Waals surface area contributed by atoms with Gasteiger partial charge in [-0.15, -0.1) is 6.58 Å². The molecule has 8 rings (SSSR count). The quantitative estimate of drug-likeness (QED) is 0.0679. The first-order chi connectivity index (χ1) is 30.9. The molecule has 2 fully saturated rings. The Bertz CT molecular complexity index is 2120. The predicted octanol–water partition coefficient (Wildman–Crippen LogP) is 8.56. The van der Waals surface area contributed by atoms with Crippen molar-refractivity contribution in [1.29, 1.82) is 0 Å². The summed E-state index contributed by atoms with van der Waals surface area (Å²) in [7, 11) is 1.36. The average Bonchev–Trinajstić information content (AvgIpc) is 3.79. The molecule has 0 radical (unpaired) electrons. The normalized spacial score (nSPS) is 26.2. The van der Waals surface area contributed by atoms with Crippen LogP contribution in [0.25, 0.3) is 0 Å². The molecule has 0 spiro atoms. The third-order valence-electron chi connectivity index (χ3n) is 13.0. The SMILES string of the molecule is C=CCO[C@@]12Oc3ccc(OCc4ccccc4F)cc3[C@H]3[C@H](CCCCO)[C@@H](CCCCO)C=C(C(=NOC4CCCCO4)C[C@@H]1N(Cc1ccc4c(c1)OCO4)C(=O)OC)[C@H]32. The van der Waals surface area contributed by atoms with Crippen LogP contribution < -0.4 is 18.9 Å². The number of nitrogens with zero attached hydrogens (tertiary/aromatic N) is 2. The third kappa shape index (κ3) is 9.55. The van der Waals surface area contributed by atoms with Crippen LogP contribution >= 0.6 is 0 Å². The van der Waals surface area contributed by atoms with Gasteiger partial charge in [0.25, 0.3) is 0 Å². The highest BCUT2D eigenvalue weighted by molar-refractivity contribution is 6.03. The van der Waals surface area contributed by atoms with Gasteiger partial charge in [0, 0.05) is 49.6 Å². The summed E-state index contributed by atoms with van der Waals surface area (Å²) in [6.45, 7) is 5.07. The van der Waals surface area contributed by atoms with Crippen molar-refractivity contribution in [2.45, 2.75) is 101 Å². The maximum atomic E-state index is 14.8. The van der Waals surface area contributed by atoms with E-state index in [2.05, 4.69) is 12.7 Å². The van der Waals surface area contributed by atoms with Gasteiger partial charge >= 0.3 is 6.09 Å². The van der Waals surface area contributed by atoms with Crippen LogP contribution in [0, 0.1) is 23.6 Å². The Balaban J connectivity index is 1.31. The Kier molecular flexibility index (Phi) is 14.5. The Morgan fingerprint density at radius 3 is 2.59 bits per heavy atom. The Morgan fingerprint density at radius 2 is 1.81 bits per heavy atom. The van der Waals surface area contributed by atoms with Crippen molar-refractivity contribution >= 4 is 11.8 Å². The molecule has 3 aliphatic heterocycles. The molecule has 63 heavy (non-hydrogen) atoms. The van der Waals surface area contributed by atoms with Gasteiger partial charge in [-0.25, -0.2) is 9.18 Å². The van der Waals surface area contributed by atoms with E-state index in [4.69, 9.17) is 43.2 Å². The molecule has 3 heterocycles. The summed E-state index contributed by atoms with van der Waals surface area (Å²) in [5.74, 6) is -0.401. The number of ether oxygens (including phenoxy) is 7. The van der Waals surface area contributed by atoms with E-state index in [0.29, 0.717) is 60.1 Å². The smallest absolute Gasteiger partial charge is 0.410 e. The largest absolute Gasteiger partial charge is 0.489 e. The van der Waals surface area contributed by atoms with Crippen LogP contribution in [0.2, 0.25) is 0 Å². The molecule has 2 aliphatic carbocycles. The number of hydrogen-bond donors (Lipinski definition) is 2. The fourth-order valence-electron chi connectivity index (χ4n) is 10.1. The first kappa shape index (κ1) is 44.5. The number of hydrogen-bond acceptors (Lipinski definition) is 12. The van der Waals surface area contributed by atoms with Gasteiger partial charge in [-0.2, -0.15) is 0 Å². The van der Waals surface area contributed by atoms with Crippen molar-refractivity contribution in [3.63, 3.8) is 0 Å². The summed E-state index contributed by atoms with van der Waals surface area (Å²) in [4.78, 5) is 22.3. The van der Waals surface area contributed by atoms with Gasteiger partial charge in [-0.05, 0) is 97.9 Å². The van der Waals surface area contributed by atoms with Crippen molar-refractivity contribution in [2.24, 2.45) is 22.9 Å².